The molecule has 9 nitrogen and oxygen atoms in total. The summed E-state index contributed by atoms with van der Waals surface area (Å²) in [6, 6.07) is 3.78. The first-order valence-corrected chi connectivity index (χ1v) is 10.3. The number of carbonyl (C=O) groups excluding carboxylic acids is 2. The fraction of sp³-hybridized carbons (Fsp3) is 0.250. The number of aldehydes is 1. The zero-order valence-electron chi connectivity index (χ0n) is 16.7. The van der Waals surface area contributed by atoms with Gasteiger partial charge < -0.3 is 15.0 Å². The van der Waals surface area contributed by atoms with Crippen LogP contribution in [0.15, 0.2) is 30.6 Å². The third kappa shape index (κ3) is 4.32. The van der Waals surface area contributed by atoms with Crippen LogP contribution in [0.1, 0.15) is 21.6 Å². The van der Waals surface area contributed by atoms with Gasteiger partial charge in [-0.15, -0.1) is 3.89 Å². The number of fused-ring (bicyclic) bond motifs is 1. The van der Waals surface area contributed by atoms with Crippen LogP contribution in [-0.4, -0.2) is 69.6 Å². The van der Waals surface area contributed by atoms with Crippen LogP contribution in [0, 0.1) is 11.2 Å². The van der Waals surface area contributed by atoms with E-state index in [0.717, 1.165) is 3.97 Å². The molecule has 3 heterocycles. The lowest BCUT2D eigenvalue weighted by Crippen LogP contribution is -2.43. The predicted molar refractivity (Wildman–Crippen MR) is 115 cm³/mol. The largest absolute Gasteiger partial charge is 0.378 e. The van der Waals surface area contributed by atoms with E-state index >= 15 is 0 Å². The normalized spacial score (nSPS) is 13.9. The first-order valence-electron chi connectivity index (χ1n) is 9.62. The maximum atomic E-state index is 13.9. The van der Waals surface area contributed by atoms with E-state index in [0.29, 0.717) is 38.2 Å². The third-order valence-corrected chi connectivity index (χ3v) is 5.42. The Morgan fingerprint density at radius 2 is 2.12 bits per heavy atom. The second-order valence-electron chi connectivity index (χ2n) is 6.94. The van der Waals surface area contributed by atoms with Crippen LogP contribution in [0.4, 0.5) is 14.0 Å². The number of halogens is 2. The summed E-state index contributed by atoms with van der Waals surface area (Å²) in [5, 5.41) is 11.5. The number of anilines is 1. The number of hydrogen-bond acceptors (Lipinski definition) is 8. The zero-order valence-corrected chi connectivity index (χ0v) is 17.5. The minimum Gasteiger partial charge on any atom is -0.378 e. The van der Waals surface area contributed by atoms with Crippen molar-refractivity contribution in [2.45, 2.75) is 0 Å². The summed E-state index contributed by atoms with van der Waals surface area (Å²) in [4.78, 5) is 33.8. The van der Waals surface area contributed by atoms with Gasteiger partial charge in [-0.3, -0.25) is 15.0 Å². The van der Waals surface area contributed by atoms with Gasteiger partial charge in [-0.25, -0.2) is 18.3 Å². The quantitative estimate of drug-likeness (QED) is 0.411. The van der Waals surface area contributed by atoms with Crippen molar-refractivity contribution in [1.29, 1.82) is 5.41 Å². The average Bonchev–Trinajstić information content (AvgIpc) is 3.20. The zero-order chi connectivity index (χ0) is 22.7. The number of benzene rings is 1. The molecule has 1 aromatic carbocycles. The molecule has 4 rings (SSSR count). The maximum Gasteiger partial charge on any atom is 0.242 e. The Morgan fingerprint density at radius 3 is 2.84 bits per heavy atom. The minimum atomic E-state index is -0.537. The van der Waals surface area contributed by atoms with Gasteiger partial charge in [0.1, 0.15) is 17.0 Å². The molecule has 2 N–H and O–H groups in total. The highest BCUT2D eigenvalue weighted by Gasteiger charge is 2.20. The van der Waals surface area contributed by atoms with Gasteiger partial charge in [-0.2, -0.15) is 0 Å². The van der Waals surface area contributed by atoms with Crippen LogP contribution in [-0.2, 0) is 9.53 Å². The Labute approximate surface area is 185 Å². The number of hydrogen-bond donors (Lipinski definition) is 2. The number of aromatic nitrogens is 3. The Morgan fingerprint density at radius 1 is 1.34 bits per heavy atom. The van der Waals surface area contributed by atoms with Crippen LogP contribution in [0.25, 0.3) is 11.2 Å². The van der Waals surface area contributed by atoms with E-state index in [1.165, 1.54) is 30.6 Å². The molecule has 0 bridgehead atoms. The number of ether oxygens (including phenoxy) is 1. The Bertz CT molecular complexity index is 1200. The van der Waals surface area contributed by atoms with Gasteiger partial charge in [0, 0.05) is 30.5 Å². The molecule has 166 valence electrons. The van der Waals surface area contributed by atoms with E-state index in [9.17, 15) is 17.9 Å². The molecule has 0 aliphatic carbocycles. The van der Waals surface area contributed by atoms with E-state index in [-0.39, 0.29) is 58.6 Å². The summed E-state index contributed by atoms with van der Waals surface area (Å²) in [5.41, 5.74) is 0.958. The van der Waals surface area contributed by atoms with Gasteiger partial charge in [0.05, 0.1) is 37.2 Å². The number of rotatable bonds is 7. The third-order valence-electron chi connectivity index (χ3n) is 4.99. The second-order valence-corrected chi connectivity index (χ2v) is 7.47. The van der Waals surface area contributed by atoms with E-state index in [4.69, 9.17) is 10.1 Å². The minimum absolute atomic E-state index is 0.0830. The lowest BCUT2D eigenvalue weighted by atomic mass is 10.0. The molecule has 1 aliphatic rings. The topological polar surface area (TPSA) is 113 Å². The van der Waals surface area contributed by atoms with E-state index < -0.39 is 5.82 Å². The van der Waals surface area contributed by atoms with E-state index in [1.54, 1.807) is 4.90 Å². The predicted octanol–water partition coefficient (Wildman–Crippen LogP) is 2.45. The Kier molecular flexibility index (Phi) is 6.42. The summed E-state index contributed by atoms with van der Waals surface area (Å²) < 4.78 is 33.3. The first kappa shape index (κ1) is 21.8. The van der Waals surface area contributed by atoms with Gasteiger partial charge in [0.15, 0.2) is 24.3 Å². The lowest BCUT2D eigenvalue weighted by Gasteiger charge is -2.27. The van der Waals surface area contributed by atoms with Crippen LogP contribution in [0.5, 0.6) is 0 Å². The van der Waals surface area contributed by atoms with Crippen molar-refractivity contribution in [2.24, 2.45) is 0 Å². The molecule has 0 saturated carbocycles. The fourth-order valence-electron chi connectivity index (χ4n) is 3.36. The molecule has 1 aliphatic heterocycles. The molecular formula is C20H18F2N6O3S. The van der Waals surface area contributed by atoms with Crippen molar-refractivity contribution < 1.29 is 22.6 Å². The fourth-order valence-corrected chi connectivity index (χ4v) is 3.71. The van der Waals surface area contributed by atoms with Crippen molar-refractivity contribution in [3.8, 4) is 0 Å². The molecule has 0 radical (unpaired) electrons. The highest BCUT2D eigenvalue weighted by molar-refractivity contribution is 7.92. The standard InChI is InChI=1S/C20H18F2N6O3S/c21-13-1-2-14(15(7-13)24-9-17(30)27-3-5-31-6-4-27)18(23)16-8-25-20-19(26-16)12(11-29)10-28(20)32-22/h1-2,7-8,10-11,23-24H,3-6,9H2. The first-order chi connectivity index (χ1) is 15.5. The molecule has 32 heavy (non-hydrogen) atoms. The smallest absolute Gasteiger partial charge is 0.242 e. The SMILES string of the molecule is N=C(c1cnc2c(n1)c(C=O)cn2SF)c1ccc(F)cc1NCC(=O)N1CCOCC1. The van der Waals surface area contributed by atoms with Crippen molar-refractivity contribution in [3.63, 3.8) is 0 Å². The molecular weight excluding hydrogens is 442 g/mol. The van der Waals surface area contributed by atoms with Gasteiger partial charge >= 0.3 is 0 Å². The van der Waals surface area contributed by atoms with E-state index in [1.807, 2.05) is 0 Å². The Hall–Kier alpha value is -3.38. The van der Waals surface area contributed by atoms with Crippen LogP contribution < -0.4 is 5.32 Å². The van der Waals surface area contributed by atoms with Crippen molar-refractivity contribution >= 4 is 47.1 Å². The molecule has 0 unspecified atom stereocenters. The summed E-state index contributed by atoms with van der Waals surface area (Å²) in [6.07, 6.45) is 3.06. The van der Waals surface area contributed by atoms with Crippen LogP contribution >= 0.6 is 12.3 Å². The summed E-state index contributed by atoms with van der Waals surface area (Å²) in [6.45, 7) is 1.82. The number of nitrogens with one attached hydrogen (secondary N) is 2. The van der Waals surface area contributed by atoms with Crippen molar-refractivity contribution in [3.05, 3.63) is 53.2 Å². The monoisotopic (exact) mass is 460 g/mol. The van der Waals surface area contributed by atoms with Crippen molar-refractivity contribution in [1.82, 2.24) is 18.8 Å². The van der Waals surface area contributed by atoms with Gasteiger partial charge in [0.25, 0.3) is 0 Å². The Balaban J connectivity index is 1.61. The molecule has 2 aromatic heterocycles. The van der Waals surface area contributed by atoms with Gasteiger partial charge in [0.2, 0.25) is 5.91 Å². The number of carbonyl (C=O) groups is 2. The maximum absolute atomic E-state index is 13.9. The number of nitrogens with zero attached hydrogens (tertiary/aromatic N) is 4. The van der Waals surface area contributed by atoms with Gasteiger partial charge in [-0.1, -0.05) is 0 Å². The molecule has 0 atom stereocenters. The molecule has 0 spiro atoms. The summed E-state index contributed by atoms with van der Waals surface area (Å²) in [5.74, 6) is -0.707. The summed E-state index contributed by atoms with van der Waals surface area (Å²) >= 11 is -0.124. The van der Waals surface area contributed by atoms with E-state index in [2.05, 4.69) is 15.3 Å². The molecule has 1 fully saturated rings. The molecule has 12 heteroatoms. The van der Waals surface area contributed by atoms with Crippen molar-refractivity contribution in [2.75, 3.05) is 38.2 Å². The van der Waals surface area contributed by atoms with Gasteiger partial charge in [-0.05, 0) is 18.2 Å². The molecule has 3 aromatic rings. The molecule has 1 amide bonds. The summed E-state index contributed by atoms with van der Waals surface area (Å²) in [7, 11) is 0. The van der Waals surface area contributed by atoms with Crippen LogP contribution in [0.3, 0.4) is 0 Å². The van der Waals surface area contributed by atoms with Crippen LogP contribution in [0.2, 0.25) is 0 Å². The average molecular weight is 460 g/mol. The lowest BCUT2D eigenvalue weighted by molar-refractivity contribution is -0.133. The molecule has 1 saturated heterocycles. The highest BCUT2D eigenvalue weighted by atomic mass is 32.2. The number of morpholine rings is 1. The second kappa shape index (κ2) is 9.40. The highest BCUT2D eigenvalue weighted by Crippen LogP contribution is 2.24. The number of amides is 1.